The van der Waals surface area contributed by atoms with Crippen LogP contribution in [-0.2, 0) is 4.79 Å². The van der Waals surface area contributed by atoms with Crippen LogP contribution in [0.2, 0.25) is 0 Å². The molecule has 1 heterocycles. The Morgan fingerprint density at radius 1 is 1.38 bits per heavy atom. The first kappa shape index (κ1) is 17.8. The average Bonchev–Trinajstić information content (AvgIpc) is 3.03. The van der Waals surface area contributed by atoms with Crippen molar-refractivity contribution in [1.29, 1.82) is 5.26 Å². The Morgan fingerprint density at radius 2 is 2.23 bits per heavy atom. The van der Waals surface area contributed by atoms with Gasteiger partial charge in [-0.25, -0.2) is 4.98 Å². The summed E-state index contributed by atoms with van der Waals surface area (Å²) in [6, 6.07) is 14.5. The molecule has 2 aromatic carbocycles. The zero-order valence-corrected chi connectivity index (χ0v) is 15.3. The maximum Gasteiger partial charge on any atom is 0.237 e. The number of fused-ring (bicyclic) bond motifs is 1. The lowest BCUT2D eigenvalue weighted by Crippen LogP contribution is -2.22. The minimum Gasteiger partial charge on any atom is -0.494 e. The third-order valence-electron chi connectivity index (χ3n) is 3.66. The molecule has 0 spiro atoms. The van der Waals surface area contributed by atoms with Gasteiger partial charge in [-0.3, -0.25) is 4.79 Å². The van der Waals surface area contributed by atoms with Crippen molar-refractivity contribution in [3.05, 3.63) is 48.0 Å². The summed E-state index contributed by atoms with van der Waals surface area (Å²) in [6.07, 6.45) is 0. The van der Waals surface area contributed by atoms with Crippen LogP contribution in [0.3, 0.4) is 0 Å². The molecule has 0 aliphatic carbocycles. The van der Waals surface area contributed by atoms with Crippen molar-refractivity contribution < 1.29 is 9.53 Å². The number of ether oxygens (including phenoxy) is 1. The van der Waals surface area contributed by atoms with Gasteiger partial charge in [0.2, 0.25) is 5.91 Å². The number of benzene rings is 2. The van der Waals surface area contributed by atoms with E-state index < -0.39 is 0 Å². The molecule has 0 saturated carbocycles. The number of nitrogens with one attached hydrogen (secondary N) is 2. The van der Waals surface area contributed by atoms with Gasteiger partial charge in [-0.05, 0) is 44.2 Å². The van der Waals surface area contributed by atoms with E-state index in [1.54, 1.807) is 24.3 Å². The molecule has 0 radical (unpaired) electrons. The Hall–Kier alpha value is -2.98. The first-order valence-electron chi connectivity index (χ1n) is 8.19. The van der Waals surface area contributed by atoms with Gasteiger partial charge in [0.05, 0.1) is 34.5 Å². The summed E-state index contributed by atoms with van der Waals surface area (Å²) in [5.74, 6) is 0.629. The highest BCUT2D eigenvalue weighted by Crippen LogP contribution is 2.26. The number of thioether (sulfide) groups is 1. The van der Waals surface area contributed by atoms with Crippen molar-refractivity contribution >= 4 is 34.4 Å². The Bertz CT molecular complexity index is 977. The van der Waals surface area contributed by atoms with Crippen molar-refractivity contribution in [2.45, 2.75) is 24.3 Å². The lowest BCUT2D eigenvalue weighted by Gasteiger charge is -2.10. The highest BCUT2D eigenvalue weighted by Gasteiger charge is 2.17. The normalized spacial score (nSPS) is 11.7. The van der Waals surface area contributed by atoms with Crippen LogP contribution in [-0.4, -0.2) is 27.7 Å². The van der Waals surface area contributed by atoms with Crippen LogP contribution in [0.5, 0.6) is 5.75 Å². The Balaban J connectivity index is 1.68. The van der Waals surface area contributed by atoms with Gasteiger partial charge in [0.1, 0.15) is 5.75 Å². The predicted octanol–water partition coefficient (Wildman–Crippen LogP) is 3.95. The number of carbonyl (C=O) groups excluding carboxylic acids is 1. The molecule has 0 fully saturated rings. The summed E-state index contributed by atoms with van der Waals surface area (Å²) in [4.78, 5) is 20.1. The first-order chi connectivity index (χ1) is 12.6. The molecule has 1 aromatic heterocycles. The van der Waals surface area contributed by atoms with E-state index in [1.807, 2.05) is 32.0 Å². The van der Waals surface area contributed by atoms with Gasteiger partial charge in [0.15, 0.2) is 5.16 Å². The SMILES string of the molecule is CCOc1ccc2nc(SC(C)C(=O)Nc3cccc(C#N)c3)[nH]c2c1. The highest BCUT2D eigenvalue weighted by molar-refractivity contribution is 8.00. The highest BCUT2D eigenvalue weighted by atomic mass is 32.2. The van der Waals surface area contributed by atoms with Crippen LogP contribution in [0.15, 0.2) is 47.6 Å². The third kappa shape index (κ3) is 4.16. The van der Waals surface area contributed by atoms with Gasteiger partial charge in [-0.1, -0.05) is 17.8 Å². The van der Waals surface area contributed by atoms with Gasteiger partial charge in [-0.15, -0.1) is 0 Å². The second-order valence-corrected chi connectivity index (χ2v) is 6.93. The van der Waals surface area contributed by atoms with Crippen LogP contribution in [0.4, 0.5) is 5.69 Å². The summed E-state index contributed by atoms with van der Waals surface area (Å²) in [5, 5.41) is 12.1. The lowest BCUT2D eigenvalue weighted by molar-refractivity contribution is -0.115. The fourth-order valence-corrected chi connectivity index (χ4v) is 3.23. The summed E-state index contributed by atoms with van der Waals surface area (Å²) in [6.45, 7) is 4.35. The quantitative estimate of drug-likeness (QED) is 0.645. The molecule has 7 heteroatoms. The maximum atomic E-state index is 12.4. The van der Waals surface area contributed by atoms with Crippen LogP contribution in [0.25, 0.3) is 11.0 Å². The number of rotatable bonds is 6. The van der Waals surface area contributed by atoms with E-state index in [4.69, 9.17) is 10.00 Å². The smallest absolute Gasteiger partial charge is 0.237 e. The van der Waals surface area contributed by atoms with Crippen LogP contribution in [0.1, 0.15) is 19.4 Å². The number of amides is 1. The standard InChI is InChI=1S/C19H18N4O2S/c1-3-25-15-7-8-16-17(10-15)23-19(22-16)26-12(2)18(24)21-14-6-4-5-13(9-14)11-20/h4-10,12H,3H2,1-2H3,(H,21,24)(H,22,23). The monoisotopic (exact) mass is 366 g/mol. The van der Waals surface area contributed by atoms with Crippen molar-refractivity contribution in [2.75, 3.05) is 11.9 Å². The molecule has 0 bridgehead atoms. The minimum atomic E-state index is -0.354. The van der Waals surface area contributed by atoms with Gasteiger partial charge in [-0.2, -0.15) is 5.26 Å². The third-order valence-corrected chi connectivity index (χ3v) is 4.64. The second-order valence-electron chi connectivity index (χ2n) is 5.60. The van der Waals surface area contributed by atoms with Crippen molar-refractivity contribution in [3.63, 3.8) is 0 Å². The number of aromatic amines is 1. The molecule has 1 atom stereocenters. The minimum absolute atomic E-state index is 0.152. The van der Waals surface area contributed by atoms with E-state index in [2.05, 4.69) is 21.4 Å². The van der Waals surface area contributed by atoms with Crippen LogP contribution in [0, 0.1) is 11.3 Å². The summed E-state index contributed by atoms with van der Waals surface area (Å²) < 4.78 is 5.49. The average molecular weight is 366 g/mol. The second kappa shape index (κ2) is 7.93. The molecule has 1 amide bonds. The number of hydrogen-bond acceptors (Lipinski definition) is 5. The maximum absolute atomic E-state index is 12.4. The molecule has 3 rings (SSSR count). The van der Waals surface area contributed by atoms with E-state index in [9.17, 15) is 4.79 Å². The number of aromatic nitrogens is 2. The van der Waals surface area contributed by atoms with Crippen molar-refractivity contribution in [1.82, 2.24) is 9.97 Å². The lowest BCUT2D eigenvalue weighted by atomic mass is 10.2. The molecule has 0 aliphatic heterocycles. The number of H-pyrrole nitrogens is 1. The molecule has 1 unspecified atom stereocenters. The van der Waals surface area contributed by atoms with Crippen LogP contribution >= 0.6 is 11.8 Å². The van der Waals surface area contributed by atoms with E-state index in [-0.39, 0.29) is 11.2 Å². The fourth-order valence-electron chi connectivity index (χ4n) is 2.41. The van der Waals surface area contributed by atoms with E-state index in [1.165, 1.54) is 11.8 Å². The van der Waals surface area contributed by atoms with Crippen molar-refractivity contribution in [2.24, 2.45) is 0 Å². The summed E-state index contributed by atoms with van der Waals surface area (Å²) in [7, 11) is 0. The molecule has 26 heavy (non-hydrogen) atoms. The Morgan fingerprint density at radius 3 is 3.00 bits per heavy atom. The van der Waals surface area contributed by atoms with Gasteiger partial charge in [0.25, 0.3) is 0 Å². The van der Waals surface area contributed by atoms with E-state index in [0.717, 1.165) is 16.8 Å². The number of anilines is 1. The first-order valence-corrected chi connectivity index (χ1v) is 9.07. The zero-order chi connectivity index (χ0) is 18.5. The molecule has 0 aliphatic rings. The van der Waals surface area contributed by atoms with Gasteiger partial charge < -0.3 is 15.0 Å². The summed E-state index contributed by atoms with van der Waals surface area (Å²) >= 11 is 1.34. The number of imidazole rings is 1. The molecule has 3 aromatic rings. The molecule has 6 nitrogen and oxygen atoms in total. The number of hydrogen-bond donors (Lipinski definition) is 2. The largest absolute Gasteiger partial charge is 0.494 e. The Labute approximate surface area is 155 Å². The number of nitrogens with zero attached hydrogens (tertiary/aromatic N) is 2. The molecule has 132 valence electrons. The topological polar surface area (TPSA) is 90.8 Å². The summed E-state index contributed by atoms with van der Waals surface area (Å²) in [5.41, 5.74) is 2.80. The van der Waals surface area contributed by atoms with Crippen LogP contribution < -0.4 is 10.1 Å². The molecular weight excluding hydrogens is 348 g/mol. The van der Waals surface area contributed by atoms with E-state index >= 15 is 0 Å². The number of nitriles is 1. The van der Waals surface area contributed by atoms with E-state index in [0.29, 0.717) is 23.0 Å². The zero-order valence-electron chi connectivity index (χ0n) is 14.4. The Kier molecular flexibility index (Phi) is 5.44. The predicted molar refractivity (Wildman–Crippen MR) is 102 cm³/mol. The molecular formula is C19H18N4O2S. The van der Waals surface area contributed by atoms with Crippen molar-refractivity contribution in [3.8, 4) is 11.8 Å². The van der Waals surface area contributed by atoms with Gasteiger partial charge in [0, 0.05) is 11.8 Å². The fraction of sp³-hybridized carbons (Fsp3) is 0.211. The molecule has 0 saturated heterocycles. The van der Waals surface area contributed by atoms with Gasteiger partial charge >= 0.3 is 0 Å². The molecule has 2 N–H and O–H groups in total. The number of carbonyl (C=O) groups is 1.